The lowest BCUT2D eigenvalue weighted by atomic mass is 10.1. The molecular formula is C17H13N2O3S-. The van der Waals surface area contributed by atoms with E-state index in [2.05, 4.69) is 0 Å². The molecule has 2 aromatic carbocycles. The van der Waals surface area contributed by atoms with E-state index in [0.717, 1.165) is 0 Å². The van der Waals surface area contributed by atoms with Crippen LogP contribution in [0.25, 0.3) is 0 Å². The van der Waals surface area contributed by atoms with Crippen LogP contribution in [-0.2, 0) is 9.59 Å². The molecule has 1 heterocycles. The number of carbonyl (C=O) groups is 2. The van der Waals surface area contributed by atoms with Crippen molar-refractivity contribution in [2.24, 2.45) is 0 Å². The average Bonchev–Trinajstić information content (AvgIpc) is 2.79. The van der Waals surface area contributed by atoms with E-state index in [-0.39, 0.29) is 11.0 Å². The third-order valence-corrected chi connectivity index (χ3v) is 4.00. The fourth-order valence-electron chi connectivity index (χ4n) is 2.62. The van der Waals surface area contributed by atoms with Crippen molar-refractivity contribution in [1.29, 1.82) is 0 Å². The highest BCUT2D eigenvalue weighted by Crippen LogP contribution is 2.31. The Bertz CT molecular complexity index is 749. The summed E-state index contributed by atoms with van der Waals surface area (Å²) in [6, 6.07) is 17.1. The van der Waals surface area contributed by atoms with E-state index in [4.69, 9.17) is 12.2 Å². The van der Waals surface area contributed by atoms with Gasteiger partial charge in [-0.1, -0.05) is 36.4 Å². The van der Waals surface area contributed by atoms with Gasteiger partial charge in [-0.15, -0.1) is 0 Å². The second-order valence-electron chi connectivity index (χ2n) is 5.09. The maximum atomic E-state index is 12.7. The first-order valence-electron chi connectivity index (χ1n) is 7.06. The van der Waals surface area contributed by atoms with Crippen molar-refractivity contribution in [1.82, 2.24) is 0 Å². The standard InChI is InChI=1S/C17H14N2O3S/c20-15(21)11-14-16(22)19(13-9-5-2-6-10-13)17(23)18(14)12-7-3-1-4-8-12/h1-10,14H,11H2,(H,20,21)/p-1. The van der Waals surface area contributed by atoms with Crippen molar-refractivity contribution in [3.05, 3.63) is 60.7 Å². The minimum absolute atomic E-state index is 0.263. The molecule has 5 nitrogen and oxygen atoms in total. The molecule has 1 aliphatic rings. The number of nitrogens with zero attached hydrogens (tertiary/aromatic N) is 2. The Morgan fingerprint density at radius 3 is 2.04 bits per heavy atom. The van der Waals surface area contributed by atoms with Crippen LogP contribution in [0.1, 0.15) is 6.42 Å². The lowest BCUT2D eigenvalue weighted by molar-refractivity contribution is -0.305. The molecule has 1 aliphatic heterocycles. The third-order valence-electron chi connectivity index (χ3n) is 3.62. The average molecular weight is 325 g/mol. The minimum Gasteiger partial charge on any atom is -0.550 e. The molecule has 6 heteroatoms. The second kappa shape index (κ2) is 6.18. The number of hydrogen-bond donors (Lipinski definition) is 0. The molecule has 1 atom stereocenters. The molecule has 2 aromatic rings. The van der Waals surface area contributed by atoms with E-state index in [1.165, 1.54) is 4.90 Å². The van der Waals surface area contributed by atoms with Crippen molar-refractivity contribution < 1.29 is 14.7 Å². The zero-order chi connectivity index (χ0) is 16.4. The fraction of sp³-hybridized carbons (Fsp3) is 0.118. The monoisotopic (exact) mass is 325 g/mol. The van der Waals surface area contributed by atoms with Crippen LogP contribution >= 0.6 is 12.2 Å². The predicted octanol–water partition coefficient (Wildman–Crippen LogP) is 1.33. The summed E-state index contributed by atoms with van der Waals surface area (Å²) in [7, 11) is 0. The van der Waals surface area contributed by atoms with Gasteiger partial charge in [-0.05, 0) is 36.5 Å². The van der Waals surface area contributed by atoms with E-state index >= 15 is 0 Å². The molecule has 0 spiro atoms. The molecule has 1 unspecified atom stereocenters. The van der Waals surface area contributed by atoms with Gasteiger partial charge in [0.05, 0.1) is 5.69 Å². The first-order valence-corrected chi connectivity index (χ1v) is 7.47. The normalized spacial score (nSPS) is 17.7. The SMILES string of the molecule is O=C([O-])CC1C(=O)N(c2ccccc2)C(=S)N1c1ccccc1. The highest BCUT2D eigenvalue weighted by atomic mass is 32.1. The van der Waals surface area contributed by atoms with E-state index in [1.807, 2.05) is 24.3 Å². The molecule has 1 amide bonds. The summed E-state index contributed by atoms with van der Waals surface area (Å²) in [6.07, 6.45) is -0.419. The molecule has 3 rings (SSSR count). The third kappa shape index (κ3) is 2.80. The van der Waals surface area contributed by atoms with Crippen molar-refractivity contribution >= 4 is 40.6 Å². The largest absolute Gasteiger partial charge is 0.550 e. The van der Waals surface area contributed by atoms with Crippen LogP contribution in [0.5, 0.6) is 0 Å². The maximum absolute atomic E-state index is 12.7. The summed E-state index contributed by atoms with van der Waals surface area (Å²) < 4.78 is 0. The number of rotatable bonds is 4. The van der Waals surface area contributed by atoms with Gasteiger partial charge < -0.3 is 14.8 Å². The highest BCUT2D eigenvalue weighted by Gasteiger charge is 2.43. The van der Waals surface area contributed by atoms with Gasteiger partial charge in [0, 0.05) is 18.1 Å². The minimum atomic E-state index is -1.29. The molecule has 0 saturated carbocycles. The summed E-state index contributed by atoms with van der Waals surface area (Å²) in [5, 5.41) is 11.3. The number of carboxylic acids is 1. The Balaban J connectivity index is 2.04. The number of carboxylic acid groups (broad SMARTS) is 1. The van der Waals surface area contributed by atoms with Crippen LogP contribution < -0.4 is 14.9 Å². The van der Waals surface area contributed by atoms with Gasteiger partial charge in [0.15, 0.2) is 5.11 Å². The van der Waals surface area contributed by atoms with Crippen molar-refractivity contribution in [2.45, 2.75) is 12.5 Å². The van der Waals surface area contributed by atoms with Gasteiger partial charge in [0.25, 0.3) is 5.91 Å². The maximum Gasteiger partial charge on any atom is 0.256 e. The summed E-state index contributed by atoms with van der Waals surface area (Å²) >= 11 is 5.45. The Morgan fingerprint density at radius 1 is 1.00 bits per heavy atom. The van der Waals surface area contributed by atoms with Crippen LogP contribution in [0, 0.1) is 0 Å². The lowest BCUT2D eigenvalue weighted by Crippen LogP contribution is -2.40. The summed E-state index contributed by atoms with van der Waals surface area (Å²) in [5.74, 6) is -1.66. The Kier molecular flexibility index (Phi) is 4.08. The number of amides is 1. The Hall–Kier alpha value is -2.73. The van der Waals surface area contributed by atoms with E-state index in [1.54, 1.807) is 41.3 Å². The van der Waals surface area contributed by atoms with Crippen molar-refractivity contribution in [3.8, 4) is 0 Å². The zero-order valence-electron chi connectivity index (χ0n) is 12.1. The molecule has 1 saturated heterocycles. The lowest BCUT2D eigenvalue weighted by Gasteiger charge is -2.24. The number of anilines is 2. The van der Waals surface area contributed by atoms with Crippen LogP contribution in [0.15, 0.2) is 60.7 Å². The van der Waals surface area contributed by atoms with Crippen LogP contribution in [0.3, 0.4) is 0 Å². The highest BCUT2D eigenvalue weighted by molar-refractivity contribution is 7.81. The van der Waals surface area contributed by atoms with Crippen molar-refractivity contribution in [3.63, 3.8) is 0 Å². The van der Waals surface area contributed by atoms with Gasteiger partial charge >= 0.3 is 0 Å². The summed E-state index contributed by atoms with van der Waals surface area (Å²) in [6.45, 7) is 0. The predicted molar refractivity (Wildman–Crippen MR) is 88.9 cm³/mol. The number of aliphatic carboxylic acids is 1. The first-order chi connectivity index (χ1) is 11.1. The molecule has 0 bridgehead atoms. The van der Waals surface area contributed by atoms with Gasteiger partial charge in [-0.3, -0.25) is 9.69 Å². The first kappa shape index (κ1) is 15.2. The number of thiocarbonyl (C=S) groups is 1. The number of hydrogen-bond acceptors (Lipinski definition) is 4. The fourth-order valence-corrected chi connectivity index (χ4v) is 3.05. The van der Waals surface area contributed by atoms with Gasteiger partial charge in [0.2, 0.25) is 0 Å². The van der Waals surface area contributed by atoms with Crippen LogP contribution in [-0.4, -0.2) is 23.0 Å². The van der Waals surface area contributed by atoms with Gasteiger partial charge in [-0.2, -0.15) is 0 Å². The molecule has 0 radical (unpaired) electrons. The van der Waals surface area contributed by atoms with Gasteiger partial charge in [0.1, 0.15) is 6.04 Å². The molecule has 0 N–H and O–H groups in total. The molecular weight excluding hydrogens is 312 g/mol. The smallest absolute Gasteiger partial charge is 0.256 e. The summed E-state index contributed by atoms with van der Waals surface area (Å²) in [5.41, 5.74) is 1.29. The molecule has 0 aromatic heterocycles. The van der Waals surface area contributed by atoms with Crippen LogP contribution in [0.4, 0.5) is 11.4 Å². The van der Waals surface area contributed by atoms with E-state index in [0.29, 0.717) is 11.4 Å². The summed E-state index contributed by atoms with van der Waals surface area (Å²) in [4.78, 5) is 26.8. The molecule has 23 heavy (non-hydrogen) atoms. The number of carbonyl (C=O) groups excluding carboxylic acids is 2. The zero-order valence-corrected chi connectivity index (χ0v) is 12.9. The van der Waals surface area contributed by atoms with Crippen LogP contribution in [0.2, 0.25) is 0 Å². The Labute approximate surface area is 138 Å². The van der Waals surface area contributed by atoms with Gasteiger partial charge in [-0.25, -0.2) is 0 Å². The Morgan fingerprint density at radius 2 is 1.52 bits per heavy atom. The molecule has 0 aliphatic carbocycles. The molecule has 1 fully saturated rings. The van der Waals surface area contributed by atoms with Crippen molar-refractivity contribution in [2.75, 3.05) is 9.80 Å². The topological polar surface area (TPSA) is 63.7 Å². The number of para-hydroxylation sites is 2. The second-order valence-corrected chi connectivity index (χ2v) is 5.45. The quantitative estimate of drug-likeness (QED) is 0.794. The van der Waals surface area contributed by atoms with E-state index in [9.17, 15) is 14.7 Å². The van der Waals surface area contributed by atoms with E-state index < -0.39 is 18.4 Å². The molecule has 116 valence electrons. The number of benzene rings is 2.